The van der Waals surface area contributed by atoms with Crippen molar-refractivity contribution in [2.45, 2.75) is 0 Å². The van der Waals surface area contributed by atoms with Gasteiger partial charge in [-0.25, -0.2) is 9.29 Å². The molecule has 1 heterocycles. The lowest BCUT2D eigenvalue weighted by atomic mass is 10.2. The fraction of sp³-hybridized carbons (Fsp3) is 0. The van der Waals surface area contributed by atoms with Crippen LogP contribution in [-0.2, 0) is 4.79 Å². The molecule has 0 atom stereocenters. The van der Waals surface area contributed by atoms with Gasteiger partial charge in [-0.3, -0.25) is 9.59 Å². The zero-order chi connectivity index (χ0) is 15.7. The smallest absolute Gasteiger partial charge is 0.298 e. The molecule has 0 radical (unpaired) electrons. The number of carbonyl (C=O) groups is 2. The Bertz CT molecular complexity index is 803. The van der Waals surface area contributed by atoms with Gasteiger partial charge in [-0.2, -0.15) is 0 Å². The Morgan fingerprint density at radius 2 is 1.86 bits per heavy atom. The molecule has 0 spiro atoms. The highest BCUT2D eigenvalue weighted by atomic mass is 32.2. The lowest BCUT2D eigenvalue weighted by molar-refractivity contribution is -0.113. The molecule has 6 heteroatoms. The van der Waals surface area contributed by atoms with E-state index in [-0.39, 0.29) is 21.9 Å². The number of aromatic hydroxyl groups is 1. The van der Waals surface area contributed by atoms with E-state index in [9.17, 15) is 19.1 Å². The number of phenolic OH excluding ortho intramolecular Hbond substituents is 1. The summed E-state index contributed by atoms with van der Waals surface area (Å²) in [6.07, 6.45) is 1.35. The van der Waals surface area contributed by atoms with Gasteiger partial charge in [0.1, 0.15) is 11.6 Å². The van der Waals surface area contributed by atoms with Gasteiger partial charge in [0.15, 0.2) is 0 Å². The zero-order valence-corrected chi connectivity index (χ0v) is 12.0. The molecule has 4 nitrogen and oxygen atoms in total. The first-order chi connectivity index (χ1) is 10.6. The predicted octanol–water partition coefficient (Wildman–Crippen LogP) is 3.77. The van der Waals surface area contributed by atoms with Gasteiger partial charge in [0, 0.05) is 11.6 Å². The Hall–Kier alpha value is -2.60. The molecule has 1 N–H and O–H groups in total. The maximum atomic E-state index is 13.6. The predicted molar refractivity (Wildman–Crippen MR) is 83.0 cm³/mol. The highest BCUT2D eigenvalue weighted by Crippen LogP contribution is 2.36. The summed E-state index contributed by atoms with van der Waals surface area (Å²) in [6.45, 7) is 0. The Balaban J connectivity index is 1.97. The molecule has 0 saturated carbocycles. The monoisotopic (exact) mass is 315 g/mol. The number of halogens is 1. The minimum atomic E-state index is -0.538. The highest BCUT2D eigenvalue weighted by Gasteiger charge is 2.36. The summed E-state index contributed by atoms with van der Waals surface area (Å²) in [5, 5.41) is 8.98. The van der Waals surface area contributed by atoms with Crippen molar-refractivity contribution in [3.8, 4) is 5.75 Å². The second-order valence-electron chi connectivity index (χ2n) is 4.56. The Labute approximate surface area is 129 Å². The number of imide groups is 1. The molecular weight excluding hydrogens is 305 g/mol. The first-order valence-electron chi connectivity index (χ1n) is 6.38. The lowest BCUT2D eigenvalue weighted by Crippen LogP contribution is -2.27. The number of hydrogen-bond donors (Lipinski definition) is 1. The topological polar surface area (TPSA) is 57.6 Å². The molecule has 0 bridgehead atoms. The molecule has 0 unspecified atom stereocenters. The summed E-state index contributed by atoms with van der Waals surface area (Å²) in [4.78, 5) is 25.5. The van der Waals surface area contributed by atoms with Crippen LogP contribution >= 0.6 is 11.8 Å². The van der Waals surface area contributed by atoms with E-state index in [0.717, 1.165) is 16.7 Å². The largest absolute Gasteiger partial charge is 0.508 e. The minimum Gasteiger partial charge on any atom is -0.508 e. The minimum absolute atomic E-state index is 0.0466. The Morgan fingerprint density at radius 1 is 1.09 bits per heavy atom. The van der Waals surface area contributed by atoms with Crippen molar-refractivity contribution in [2.24, 2.45) is 0 Å². The molecule has 0 aliphatic carbocycles. The van der Waals surface area contributed by atoms with Crippen LogP contribution in [0.2, 0.25) is 0 Å². The fourth-order valence-corrected chi connectivity index (χ4v) is 2.89. The standard InChI is InChI=1S/C16H10FNO3S/c17-13-7-2-1-4-10(13)8-14-15(20)18(16(21)22-14)11-5-3-6-12(19)9-11/h1-9,19H. The number of thioether (sulfide) groups is 1. The summed E-state index contributed by atoms with van der Waals surface area (Å²) in [6, 6.07) is 11.8. The molecule has 1 saturated heterocycles. The molecule has 3 rings (SSSR count). The summed E-state index contributed by atoms with van der Waals surface area (Å²) >= 11 is 0.736. The van der Waals surface area contributed by atoms with Gasteiger partial charge < -0.3 is 5.11 Å². The van der Waals surface area contributed by atoms with E-state index in [1.165, 1.54) is 36.4 Å². The average Bonchev–Trinajstić information content (AvgIpc) is 2.76. The first-order valence-corrected chi connectivity index (χ1v) is 7.19. The van der Waals surface area contributed by atoms with E-state index in [1.54, 1.807) is 18.2 Å². The molecule has 1 aliphatic rings. The maximum absolute atomic E-state index is 13.6. The van der Waals surface area contributed by atoms with Crippen molar-refractivity contribution in [1.82, 2.24) is 0 Å². The van der Waals surface area contributed by atoms with Gasteiger partial charge in [-0.15, -0.1) is 0 Å². The van der Waals surface area contributed by atoms with Crippen LogP contribution in [0.3, 0.4) is 0 Å². The van der Waals surface area contributed by atoms with Crippen LogP contribution in [0.15, 0.2) is 53.4 Å². The maximum Gasteiger partial charge on any atom is 0.298 e. The number of hydrogen-bond acceptors (Lipinski definition) is 4. The molecule has 2 amide bonds. The number of rotatable bonds is 2. The van der Waals surface area contributed by atoms with Gasteiger partial charge in [0.2, 0.25) is 0 Å². The molecule has 2 aromatic rings. The first kappa shape index (κ1) is 14.3. The summed E-state index contributed by atoms with van der Waals surface area (Å²) < 4.78 is 13.6. The van der Waals surface area contributed by atoms with E-state index in [1.807, 2.05) is 0 Å². The van der Waals surface area contributed by atoms with Gasteiger partial charge in [0.05, 0.1) is 10.6 Å². The van der Waals surface area contributed by atoms with Crippen LogP contribution in [-0.4, -0.2) is 16.3 Å². The van der Waals surface area contributed by atoms with Crippen molar-refractivity contribution in [3.05, 3.63) is 64.8 Å². The van der Waals surface area contributed by atoms with E-state index < -0.39 is 17.0 Å². The van der Waals surface area contributed by atoms with Crippen LogP contribution in [0.4, 0.5) is 14.9 Å². The number of benzene rings is 2. The quantitative estimate of drug-likeness (QED) is 0.857. The zero-order valence-electron chi connectivity index (χ0n) is 11.2. The van der Waals surface area contributed by atoms with Crippen LogP contribution in [0.25, 0.3) is 6.08 Å². The molecular formula is C16H10FNO3S. The highest BCUT2D eigenvalue weighted by molar-refractivity contribution is 8.19. The van der Waals surface area contributed by atoms with Crippen molar-refractivity contribution in [2.75, 3.05) is 4.90 Å². The summed E-state index contributed by atoms with van der Waals surface area (Å²) in [5.41, 5.74) is 0.517. The van der Waals surface area contributed by atoms with Crippen molar-refractivity contribution in [1.29, 1.82) is 0 Å². The van der Waals surface area contributed by atoms with Crippen molar-refractivity contribution in [3.63, 3.8) is 0 Å². The van der Waals surface area contributed by atoms with Crippen molar-refractivity contribution < 1.29 is 19.1 Å². The normalized spacial score (nSPS) is 16.6. The summed E-state index contributed by atoms with van der Waals surface area (Å²) in [7, 11) is 0. The van der Waals surface area contributed by atoms with Crippen LogP contribution in [0.5, 0.6) is 5.75 Å². The van der Waals surface area contributed by atoms with E-state index in [4.69, 9.17) is 0 Å². The molecule has 110 valence electrons. The number of amides is 2. The summed E-state index contributed by atoms with van der Waals surface area (Å²) in [5.74, 6) is -1.05. The second-order valence-corrected chi connectivity index (χ2v) is 5.55. The Kier molecular flexibility index (Phi) is 3.68. The van der Waals surface area contributed by atoms with E-state index in [2.05, 4.69) is 0 Å². The van der Waals surface area contributed by atoms with E-state index >= 15 is 0 Å². The van der Waals surface area contributed by atoms with Gasteiger partial charge in [-0.1, -0.05) is 24.3 Å². The molecule has 0 aromatic heterocycles. The van der Waals surface area contributed by atoms with E-state index in [0.29, 0.717) is 0 Å². The third kappa shape index (κ3) is 2.60. The lowest BCUT2D eigenvalue weighted by Gasteiger charge is -2.12. The molecule has 2 aromatic carbocycles. The number of carbonyl (C=O) groups excluding carboxylic acids is 2. The van der Waals surface area contributed by atoms with Crippen molar-refractivity contribution >= 4 is 34.7 Å². The average molecular weight is 315 g/mol. The number of phenols is 1. The van der Waals surface area contributed by atoms with Gasteiger partial charge in [-0.05, 0) is 36.0 Å². The van der Waals surface area contributed by atoms with Gasteiger partial charge in [0.25, 0.3) is 11.1 Å². The van der Waals surface area contributed by atoms with Gasteiger partial charge >= 0.3 is 0 Å². The van der Waals surface area contributed by atoms with Crippen LogP contribution in [0.1, 0.15) is 5.56 Å². The third-order valence-electron chi connectivity index (χ3n) is 3.07. The second kappa shape index (κ2) is 5.65. The fourth-order valence-electron chi connectivity index (χ4n) is 2.06. The van der Waals surface area contributed by atoms with Crippen LogP contribution < -0.4 is 4.90 Å². The third-order valence-corrected chi connectivity index (χ3v) is 3.94. The molecule has 1 fully saturated rings. The SMILES string of the molecule is O=C1SC(=Cc2ccccc2F)C(=O)N1c1cccc(O)c1. The molecule has 1 aliphatic heterocycles. The number of nitrogens with zero attached hydrogens (tertiary/aromatic N) is 1. The van der Waals surface area contributed by atoms with Crippen LogP contribution in [0, 0.1) is 5.82 Å². The molecule has 22 heavy (non-hydrogen) atoms. The Morgan fingerprint density at radius 3 is 2.59 bits per heavy atom. The number of anilines is 1.